The number of furan rings is 1. The molecule has 2 aromatic heterocycles. The first-order chi connectivity index (χ1) is 30.2. The Labute approximate surface area is 357 Å². The minimum Gasteiger partial charge on any atom is -0.455 e. The van der Waals surface area contributed by atoms with Crippen molar-refractivity contribution in [2.45, 2.75) is 0 Å². The molecule has 10 aromatic carbocycles. The summed E-state index contributed by atoms with van der Waals surface area (Å²) in [5.41, 5.74) is 14.3. The van der Waals surface area contributed by atoms with E-state index in [4.69, 9.17) is 4.42 Å². The Hall–Kier alpha value is -7.72. The maximum atomic E-state index is 7.04. The van der Waals surface area contributed by atoms with Gasteiger partial charge in [-0.05, 0) is 104 Å². The summed E-state index contributed by atoms with van der Waals surface area (Å²) in [4.78, 5) is 2.46. The second-order valence-electron chi connectivity index (χ2n) is 15.7. The Morgan fingerprint density at radius 3 is 1.69 bits per heavy atom. The first kappa shape index (κ1) is 35.2. The summed E-state index contributed by atoms with van der Waals surface area (Å²) in [6.45, 7) is 0. The normalized spacial score (nSPS) is 11.6. The minimum atomic E-state index is 0.862. The predicted molar refractivity (Wildman–Crippen MR) is 261 cm³/mol. The number of fused-ring (bicyclic) bond motifs is 7. The van der Waals surface area contributed by atoms with Crippen LogP contribution in [0.25, 0.3) is 97.4 Å². The van der Waals surface area contributed by atoms with E-state index < -0.39 is 0 Å². The maximum absolute atomic E-state index is 7.04. The smallest absolute Gasteiger partial charge is 0.145 e. The van der Waals surface area contributed by atoms with Crippen molar-refractivity contribution in [1.29, 1.82) is 0 Å². The molecule has 2 nitrogen and oxygen atoms in total. The largest absolute Gasteiger partial charge is 0.455 e. The molecule has 12 aromatic rings. The minimum absolute atomic E-state index is 0.862. The molecule has 0 bridgehead atoms. The van der Waals surface area contributed by atoms with Crippen molar-refractivity contribution >= 4 is 81.3 Å². The van der Waals surface area contributed by atoms with E-state index in [1.54, 1.807) is 0 Å². The third-order valence-corrected chi connectivity index (χ3v) is 13.3. The van der Waals surface area contributed by atoms with Gasteiger partial charge in [-0.2, -0.15) is 0 Å². The van der Waals surface area contributed by atoms with Crippen LogP contribution in [0.4, 0.5) is 17.1 Å². The van der Waals surface area contributed by atoms with Crippen molar-refractivity contribution in [3.63, 3.8) is 0 Å². The summed E-state index contributed by atoms with van der Waals surface area (Å²) in [5, 5.41) is 7.15. The van der Waals surface area contributed by atoms with E-state index in [0.29, 0.717) is 0 Å². The molecule has 0 fully saturated rings. The quantitative estimate of drug-likeness (QED) is 0.160. The Balaban J connectivity index is 1.10. The van der Waals surface area contributed by atoms with Crippen molar-refractivity contribution < 1.29 is 4.42 Å². The molecule has 0 saturated carbocycles. The summed E-state index contributed by atoms with van der Waals surface area (Å²) in [6, 6.07) is 81.0. The van der Waals surface area contributed by atoms with Gasteiger partial charge in [0.2, 0.25) is 0 Å². The van der Waals surface area contributed by atoms with Crippen molar-refractivity contribution in [2.24, 2.45) is 0 Å². The molecule has 0 spiro atoms. The molecule has 0 unspecified atom stereocenters. The van der Waals surface area contributed by atoms with Gasteiger partial charge in [-0.15, -0.1) is 11.3 Å². The van der Waals surface area contributed by atoms with E-state index in [2.05, 4.69) is 229 Å². The Bertz CT molecular complexity index is 3570. The topological polar surface area (TPSA) is 16.4 Å². The van der Waals surface area contributed by atoms with E-state index >= 15 is 0 Å². The van der Waals surface area contributed by atoms with Gasteiger partial charge in [0.1, 0.15) is 11.2 Å². The van der Waals surface area contributed by atoms with Crippen LogP contribution < -0.4 is 4.90 Å². The van der Waals surface area contributed by atoms with Crippen LogP contribution in [-0.2, 0) is 0 Å². The second-order valence-corrected chi connectivity index (χ2v) is 16.7. The Kier molecular flexibility index (Phi) is 8.39. The van der Waals surface area contributed by atoms with Gasteiger partial charge in [0.15, 0.2) is 0 Å². The lowest BCUT2D eigenvalue weighted by Gasteiger charge is -2.27. The van der Waals surface area contributed by atoms with Crippen molar-refractivity contribution in [3.8, 4) is 44.5 Å². The molecule has 0 radical (unpaired) electrons. The van der Waals surface area contributed by atoms with Gasteiger partial charge in [0, 0.05) is 32.1 Å². The van der Waals surface area contributed by atoms with Gasteiger partial charge in [-0.1, -0.05) is 170 Å². The average molecular weight is 796 g/mol. The van der Waals surface area contributed by atoms with Gasteiger partial charge in [0.05, 0.1) is 21.5 Å². The Morgan fingerprint density at radius 1 is 0.361 bits per heavy atom. The molecular formula is C58H37NOS. The highest BCUT2D eigenvalue weighted by atomic mass is 32.1. The van der Waals surface area contributed by atoms with E-state index in [-0.39, 0.29) is 0 Å². The number of hydrogen-bond acceptors (Lipinski definition) is 3. The fraction of sp³-hybridized carbons (Fsp3) is 0. The molecule has 2 heterocycles. The second kappa shape index (κ2) is 14.5. The highest BCUT2D eigenvalue weighted by Gasteiger charge is 2.25. The number of benzene rings is 10. The molecule has 286 valence electrons. The van der Waals surface area contributed by atoms with Crippen LogP contribution in [0, 0.1) is 0 Å². The number of thiophene rings is 1. The lowest BCUT2D eigenvalue weighted by Crippen LogP contribution is -2.10. The van der Waals surface area contributed by atoms with E-state index in [1.165, 1.54) is 53.2 Å². The molecule has 0 aliphatic heterocycles. The summed E-state index contributed by atoms with van der Waals surface area (Å²) in [6.07, 6.45) is 0. The van der Waals surface area contributed by atoms with Crippen LogP contribution in [0.15, 0.2) is 229 Å². The third-order valence-electron chi connectivity index (χ3n) is 12.1. The molecule has 0 amide bonds. The summed E-state index contributed by atoms with van der Waals surface area (Å²) in [7, 11) is 0. The zero-order chi connectivity index (χ0) is 40.3. The zero-order valence-electron chi connectivity index (χ0n) is 33.1. The van der Waals surface area contributed by atoms with Gasteiger partial charge in [-0.25, -0.2) is 0 Å². The van der Waals surface area contributed by atoms with Crippen LogP contribution in [0.3, 0.4) is 0 Å². The number of hydrogen-bond donors (Lipinski definition) is 0. The van der Waals surface area contributed by atoms with E-state index in [9.17, 15) is 0 Å². The number of rotatable bonds is 7. The van der Waals surface area contributed by atoms with Crippen LogP contribution in [-0.4, -0.2) is 0 Å². The molecular weight excluding hydrogens is 759 g/mol. The van der Waals surface area contributed by atoms with Crippen molar-refractivity contribution in [3.05, 3.63) is 224 Å². The first-order valence-electron chi connectivity index (χ1n) is 20.7. The molecule has 0 aliphatic carbocycles. The molecule has 0 aliphatic rings. The van der Waals surface area contributed by atoms with Gasteiger partial charge >= 0.3 is 0 Å². The van der Waals surface area contributed by atoms with E-state index in [0.717, 1.165) is 61.3 Å². The molecule has 0 N–H and O–H groups in total. The summed E-state index contributed by atoms with van der Waals surface area (Å²) >= 11 is 1.86. The average Bonchev–Trinajstić information content (AvgIpc) is 3.91. The van der Waals surface area contributed by atoms with Gasteiger partial charge in [-0.3, -0.25) is 0 Å². The molecule has 61 heavy (non-hydrogen) atoms. The summed E-state index contributed by atoms with van der Waals surface area (Å²) in [5.74, 6) is 0. The predicted octanol–water partition coefficient (Wildman–Crippen LogP) is 17.2. The fourth-order valence-corrected chi connectivity index (χ4v) is 10.3. The van der Waals surface area contributed by atoms with Crippen LogP contribution in [0.2, 0.25) is 0 Å². The molecule has 12 rings (SSSR count). The summed E-state index contributed by atoms with van der Waals surface area (Å²) < 4.78 is 9.54. The lowest BCUT2D eigenvalue weighted by atomic mass is 9.98. The first-order valence-corrected chi connectivity index (χ1v) is 21.6. The van der Waals surface area contributed by atoms with Gasteiger partial charge < -0.3 is 9.32 Å². The fourth-order valence-electron chi connectivity index (χ4n) is 9.05. The van der Waals surface area contributed by atoms with Crippen molar-refractivity contribution in [2.75, 3.05) is 4.90 Å². The van der Waals surface area contributed by atoms with Crippen molar-refractivity contribution in [1.82, 2.24) is 0 Å². The maximum Gasteiger partial charge on any atom is 0.145 e. The standard InChI is InChI=1S/C58H37NOS/c1-4-13-38(14-5-1)45-28-32-51-54(36-45)60-57-48(42-18-8-3-9-19-42)33-34-52(56(51)57)59(47-29-25-41(26-30-47)44-24-23-40-17-10-11-20-43(40)35-44)53-22-12-21-50-49-31-27-46(37-55(49)61-58(50)53)39-15-6-2-7-16-39/h1-37H. The number of anilines is 3. The molecule has 0 saturated heterocycles. The van der Waals surface area contributed by atoms with Crippen LogP contribution in [0.1, 0.15) is 0 Å². The Morgan fingerprint density at radius 2 is 0.951 bits per heavy atom. The highest BCUT2D eigenvalue weighted by molar-refractivity contribution is 7.26. The lowest BCUT2D eigenvalue weighted by molar-refractivity contribution is 0.670. The highest BCUT2D eigenvalue weighted by Crippen LogP contribution is 2.50. The van der Waals surface area contributed by atoms with Crippen LogP contribution in [0.5, 0.6) is 0 Å². The molecule has 0 atom stereocenters. The van der Waals surface area contributed by atoms with E-state index in [1.807, 2.05) is 11.3 Å². The number of nitrogens with zero attached hydrogens (tertiary/aromatic N) is 1. The SMILES string of the molecule is c1ccc(-c2ccc3c(c2)oc2c(-c4ccccc4)ccc(N(c4ccc(-c5ccc6ccccc6c5)cc4)c4cccc5c4sc4cc(-c6ccccc6)ccc45)c23)cc1. The monoisotopic (exact) mass is 795 g/mol. The zero-order valence-corrected chi connectivity index (χ0v) is 33.9. The third kappa shape index (κ3) is 6.09. The van der Waals surface area contributed by atoms with Gasteiger partial charge in [0.25, 0.3) is 0 Å². The molecule has 3 heteroatoms. The van der Waals surface area contributed by atoms with Crippen LogP contribution >= 0.6 is 11.3 Å².